The summed E-state index contributed by atoms with van der Waals surface area (Å²) in [6.45, 7) is 6.76. The zero-order valence-electron chi connectivity index (χ0n) is 79.8. The molecule has 790 valence electrons. The molecular formula is C101H124Cl2N10O33. The van der Waals surface area contributed by atoms with E-state index in [1.54, 1.807) is 7.11 Å². The predicted molar refractivity (Wildman–Crippen MR) is 518 cm³/mol. The lowest BCUT2D eigenvalue weighted by molar-refractivity contribution is -0.312. The number of hydrogen-bond donors (Lipinski definition) is 18. The van der Waals surface area contributed by atoms with Gasteiger partial charge in [0, 0.05) is 62.5 Å². The van der Waals surface area contributed by atoms with Crippen molar-refractivity contribution in [1.82, 2.24) is 52.2 Å². The number of amides is 7. The van der Waals surface area contributed by atoms with Crippen molar-refractivity contribution in [3.8, 4) is 80.1 Å². The number of unbranched alkanes of at least 4 members (excludes halogenated alkanes) is 10. The number of fused-ring (bicyclic) bond motifs is 14. The summed E-state index contributed by atoms with van der Waals surface area (Å²) in [6, 6.07) is 4.58. The van der Waals surface area contributed by atoms with Crippen molar-refractivity contribution in [1.29, 1.82) is 0 Å². The Bertz CT molecular complexity index is 5860. The number of nitrogens with one attached hydrogen (secondary N) is 7. The number of carboxylic acids is 1. The number of aliphatic carboxylic acids is 1. The van der Waals surface area contributed by atoms with Gasteiger partial charge in [0.25, 0.3) is 0 Å². The highest BCUT2D eigenvalue weighted by Gasteiger charge is 2.51. The van der Waals surface area contributed by atoms with E-state index in [2.05, 4.69) is 61.4 Å². The minimum atomic E-state index is -2.42. The lowest BCUT2D eigenvalue weighted by Gasteiger charge is -2.44. The van der Waals surface area contributed by atoms with Crippen molar-refractivity contribution in [3.63, 3.8) is 0 Å². The number of carbonyl (C=O) groups is 8. The topological polar surface area (TPSA) is 603 Å². The van der Waals surface area contributed by atoms with Crippen molar-refractivity contribution in [2.45, 2.75) is 228 Å². The zero-order chi connectivity index (χ0) is 103. The highest BCUT2D eigenvalue weighted by molar-refractivity contribution is 6.32. The summed E-state index contributed by atoms with van der Waals surface area (Å²) < 4.78 is 86.6. The maximum absolute atomic E-state index is 16.4. The Hall–Kier alpha value is -12.4. The molecule has 0 saturated carbocycles. The summed E-state index contributed by atoms with van der Waals surface area (Å²) in [4.78, 5) is 123. The first kappa shape index (κ1) is 111. The molecule has 0 radical (unpaired) electrons. The van der Waals surface area contributed by atoms with Crippen LogP contribution in [0.4, 0.5) is 0 Å². The fourth-order valence-corrected chi connectivity index (χ4v) is 18.3. The molecule has 0 spiro atoms. The molecule has 18 atom stereocenters. The SMILES string of the molecule is C.CCCCCCCCO[C@H]1[C@@H](OC)O[C@H](COCCOCCOCCOCCOCc2cn([C@H]3C(=O)N[C@@H]4Cc5ccc(c(Cl)c5)Oc5cc6cc(c5O)Oc5ccc(cc5Cl)[C@@H](O[C@@H]5O[C@H](CO)[C@@H](O)[C@H](O)[C@H]5NC(C)=O)[C@@H]5NC(=O)[C@H](NC(=O)[C@@H]6NC(=O)[C@@H](NC4=O)c4cc(O)cc(c4)Oc4cc3ccc4O)c3ccc(O)c(c3)-c3c(O)cc(O)cc3[C@H](C(=O)O)NC5=O)nn2)[C@@H](O)[C@@H]1OCCCCCCCC. The molecule has 43 nitrogen and oxygen atoms in total. The van der Waals surface area contributed by atoms with Crippen LogP contribution < -0.4 is 51.4 Å². The number of methoxy groups -OCH3 is 1. The lowest BCUT2D eigenvalue weighted by Crippen LogP contribution is -2.65. The van der Waals surface area contributed by atoms with Crippen LogP contribution in [0.1, 0.15) is 186 Å². The molecule has 8 aliphatic heterocycles. The van der Waals surface area contributed by atoms with Gasteiger partial charge in [0.2, 0.25) is 47.1 Å². The largest absolute Gasteiger partial charge is 0.508 e. The summed E-state index contributed by atoms with van der Waals surface area (Å²) >= 11 is 14.3. The van der Waals surface area contributed by atoms with Gasteiger partial charge < -0.3 is 160 Å². The minimum Gasteiger partial charge on any atom is -0.508 e. The smallest absolute Gasteiger partial charge is 0.330 e. The average molecular weight is 2080 g/mol. The molecule has 7 amide bonds. The Morgan fingerprint density at radius 2 is 1.07 bits per heavy atom. The fourth-order valence-electron chi connectivity index (χ4n) is 17.8. The molecule has 9 heterocycles. The van der Waals surface area contributed by atoms with Gasteiger partial charge in [0.1, 0.15) is 131 Å². The molecule has 146 heavy (non-hydrogen) atoms. The summed E-state index contributed by atoms with van der Waals surface area (Å²) in [6.07, 6.45) is 0.269. The number of phenols is 6. The van der Waals surface area contributed by atoms with Crippen molar-refractivity contribution in [3.05, 3.63) is 176 Å². The maximum Gasteiger partial charge on any atom is 0.330 e. The second kappa shape index (κ2) is 52.3. The molecule has 17 bridgehead atoms. The number of aromatic nitrogens is 3. The number of carboxylic acid groups (broad SMARTS) is 1. The quantitative estimate of drug-likeness (QED) is 0.0160. The lowest BCUT2D eigenvalue weighted by atomic mass is 9.89. The van der Waals surface area contributed by atoms with Gasteiger partial charge >= 0.3 is 5.97 Å². The number of ether oxygens (including phenoxy) is 14. The Morgan fingerprint density at radius 3 is 1.70 bits per heavy atom. The molecule has 18 N–H and O–H groups in total. The number of phenolic OH excluding ortho intramolecular Hbond substituents is 6. The van der Waals surface area contributed by atoms with Gasteiger partial charge in [-0.3, -0.25) is 33.6 Å². The number of benzene rings is 7. The number of aromatic hydroxyl groups is 6. The number of aliphatic hydroxyl groups is 4. The van der Waals surface area contributed by atoms with E-state index in [-0.39, 0.29) is 129 Å². The second-order valence-corrected chi connectivity index (χ2v) is 36.5. The van der Waals surface area contributed by atoms with E-state index in [1.165, 1.54) is 86.8 Å². The van der Waals surface area contributed by atoms with E-state index >= 15 is 28.8 Å². The average Bonchev–Trinajstić information content (AvgIpc) is 0.846. The van der Waals surface area contributed by atoms with Gasteiger partial charge in [-0.25, -0.2) is 9.48 Å². The van der Waals surface area contributed by atoms with Gasteiger partial charge in [-0.15, -0.1) is 5.10 Å². The van der Waals surface area contributed by atoms with E-state index in [1.807, 2.05) is 0 Å². The Kier molecular flexibility index (Phi) is 39.7. The summed E-state index contributed by atoms with van der Waals surface area (Å²) in [5.41, 5.74) is -2.64. The molecule has 0 unspecified atom stereocenters. The van der Waals surface area contributed by atoms with Crippen LogP contribution in [-0.4, -0.2) is 278 Å². The van der Waals surface area contributed by atoms with Crippen LogP contribution in [0.5, 0.6) is 69.0 Å². The molecule has 2 saturated heterocycles. The van der Waals surface area contributed by atoms with Crippen molar-refractivity contribution in [2.24, 2.45) is 0 Å². The first-order chi connectivity index (χ1) is 69.9. The standard InChI is InChI=1S/C100H120Cl2N10O33.CH4/c1-5-7-9-11-13-15-25-138-90-87(122)76(144-100(132-4)91(90)139-26-16-14-12-10-8-6-2)50-137-34-32-135-30-28-133-27-29-134-31-33-136-49-58-47-112(111-110-58)84-54-19-22-68(118)72(41-54)140-61-38-56(37-59(115)44-61)79-94(126)107-80-57-42-73(141-70-23-17-52(35-64(70)101)36-66(92(124)105-79)104-97(84)129)85(120)74(43-57)142-71-24-20-55(40-65(71)102)89(145-99-82(103-51(3)114)88(123)86(121)75(48-113)143-99)83-96(128)108-81(98(130)131)63-45-60(116)46-69(119)77(63)62-39-53(18-21-67(62)117)78(93(125)109-83)106-95(80)127;/h17-24,35,37-47,66,75-76,78-84,86-91,99-100,113,115-123H,5-16,25-34,36,48-50H2,1-4H3,(H,103,114)(H,104,129)(H,105,124)(H,106,127)(H,107,126)(H,108,128)(H,109,125)(H,130,131);1H4/t66-,75-,76-,78-,79+,80-,81-,82-,83+,84-,86-,87-,88-,89-,90+,91-,99+,100+;/m1./s1. The number of halogens is 2. The van der Waals surface area contributed by atoms with E-state index in [4.69, 9.17) is 89.5 Å². The third-order valence-corrected chi connectivity index (χ3v) is 25.8. The fraction of sp³-hybridized carbons (Fsp3) is 0.485. The van der Waals surface area contributed by atoms with Crippen molar-refractivity contribution < 1.29 is 161 Å². The van der Waals surface area contributed by atoms with Crippen LogP contribution in [0.3, 0.4) is 0 Å². The maximum atomic E-state index is 16.4. The molecule has 0 aliphatic carbocycles. The van der Waals surface area contributed by atoms with E-state index in [9.17, 15) is 65.8 Å². The molecule has 7 aromatic carbocycles. The third-order valence-electron chi connectivity index (χ3n) is 25.2. The monoisotopic (exact) mass is 2070 g/mol. The molecule has 45 heteroatoms. The third kappa shape index (κ3) is 27.7. The first-order valence-corrected chi connectivity index (χ1v) is 48.7. The normalized spacial score (nSPS) is 24.1. The zero-order valence-corrected chi connectivity index (χ0v) is 81.3. The van der Waals surface area contributed by atoms with Gasteiger partial charge in [0.15, 0.2) is 47.7 Å². The van der Waals surface area contributed by atoms with Gasteiger partial charge in [0.05, 0.1) is 88.9 Å². The predicted octanol–water partition coefficient (Wildman–Crippen LogP) is 8.58. The van der Waals surface area contributed by atoms with Gasteiger partial charge in [-0.05, 0) is 125 Å². The Balaban J connectivity index is 0.0000178. The number of rotatable bonds is 39. The van der Waals surface area contributed by atoms with Crippen LogP contribution in [0.15, 0.2) is 121 Å². The number of hydrogen-bond acceptors (Lipinski definition) is 34. The summed E-state index contributed by atoms with van der Waals surface area (Å²) in [5.74, 6) is -17.6. The number of nitrogens with zero attached hydrogens (tertiary/aromatic N) is 3. The van der Waals surface area contributed by atoms with Crippen LogP contribution in [0, 0.1) is 0 Å². The second-order valence-electron chi connectivity index (χ2n) is 35.7. The first-order valence-electron chi connectivity index (χ1n) is 47.9. The molecule has 2 fully saturated rings. The van der Waals surface area contributed by atoms with Crippen LogP contribution in [0.25, 0.3) is 11.1 Å². The van der Waals surface area contributed by atoms with E-state index < -0.39 is 249 Å². The van der Waals surface area contributed by atoms with Crippen molar-refractivity contribution in [2.75, 3.05) is 86.4 Å². The van der Waals surface area contributed by atoms with Crippen LogP contribution >= 0.6 is 23.2 Å². The highest BCUT2D eigenvalue weighted by Crippen LogP contribution is 2.50. The molecule has 16 rings (SSSR count). The van der Waals surface area contributed by atoms with Gasteiger partial charge in [-0.2, -0.15) is 0 Å². The van der Waals surface area contributed by atoms with Crippen LogP contribution in [-0.2, 0) is 103 Å². The Labute approximate surface area is 849 Å². The summed E-state index contributed by atoms with van der Waals surface area (Å²) in [5, 5.41) is 153. The van der Waals surface area contributed by atoms with Crippen LogP contribution in [0.2, 0.25) is 10.0 Å². The van der Waals surface area contributed by atoms with Gasteiger partial charge in [-0.1, -0.05) is 138 Å². The molecule has 8 aliphatic rings. The molecule has 1 aromatic heterocycles. The number of aliphatic hydroxyl groups excluding tert-OH is 4. The number of carbonyl (C=O) groups excluding carboxylic acids is 7. The molecule has 8 aromatic rings. The van der Waals surface area contributed by atoms with E-state index in [0.717, 1.165) is 123 Å². The summed E-state index contributed by atoms with van der Waals surface area (Å²) in [7, 11) is 1.55. The van der Waals surface area contributed by atoms with Crippen molar-refractivity contribution >= 4 is 70.5 Å². The highest BCUT2D eigenvalue weighted by atomic mass is 35.5. The molecular weight excluding hydrogens is 1950 g/mol. The minimum absolute atomic E-state index is 0. The van der Waals surface area contributed by atoms with E-state index in [0.29, 0.717) is 13.2 Å². The Morgan fingerprint density at radius 1 is 0.507 bits per heavy atom.